The van der Waals surface area contributed by atoms with Gasteiger partial charge in [-0.1, -0.05) is 36.4 Å². The summed E-state index contributed by atoms with van der Waals surface area (Å²) < 4.78 is 5.38. The quantitative estimate of drug-likeness (QED) is 0.486. The molecule has 108 valence electrons. The maximum absolute atomic E-state index is 12.2. The number of hydrogen-bond acceptors (Lipinski definition) is 4. The SMILES string of the molecule is Cc1c(C(=O)O[C@H](C)c2ccccc2)cccc1[N+](=O)[O-]. The van der Waals surface area contributed by atoms with Gasteiger partial charge in [-0.25, -0.2) is 4.79 Å². The Kier molecular flexibility index (Phi) is 4.33. The molecule has 5 nitrogen and oxygen atoms in total. The average Bonchev–Trinajstić information content (AvgIpc) is 2.47. The molecule has 0 aliphatic heterocycles. The number of carbonyl (C=O) groups excluding carboxylic acids is 1. The maximum Gasteiger partial charge on any atom is 0.339 e. The van der Waals surface area contributed by atoms with E-state index >= 15 is 0 Å². The number of esters is 1. The molecule has 0 aliphatic carbocycles. The first-order chi connectivity index (χ1) is 10.0. The lowest BCUT2D eigenvalue weighted by Gasteiger charge is -2.14. The predicted octanol–water partition coefficient (Wildman–Crippen LogP) is 3.82. The van der Waals surface area contributed by atoms with Crippen LogP contribution in [0.3, 0.4) is 0 Å². The number of ether oxygens (including phenoxy) is 1. The van der Waals surface area contributed by atoms with Gasteiger partial charge in [-0.05, 0) is 25.5 Å². The summed E-state index contributed by atoms with van der Waals surface area (Å²) in [6, 6.07) is 13.7. The molecule has 0 bridgehead atoms. The van der Waals surface area contributed by atoms with Crippen molar-refractivity contribution in [2.24, 2.45) is 0 Å². The number of nitro benzene ring substituents is 1. The molecule has 0 aliphatic rings. The van der Waals surface area contributed by atoms with E-state index in [9.17, 15) is 14.9 Å². The van der Waals surface area contributed by atoms with Crippen LogP contribution >= 0.6 is 0 Å². The molecular weight excluding hydrogens is 270 g/mol. The predicted molar refractivity (Wildman–Crippen MR) is 78.1 cm³/mol. The number of benzene rings is 2. The molecule has 0 N–H and O–H groups in total. The summed E-state index contributed by atoms with van der Waals surface area (Å²) in [6.07, 6.45) is -0.419. The molecule has 0 saturated heterocycles. The minimum Gasteiger partial charge on any atom is -0.454 e. The highest BCUT2D eigenvalue weighted by Gasteiger charge is 2.20. The normalized spacial score (nSPS) is 11.7. The molecule has 0 heterocycles. The number of carbonyl (C=O) groups is 1. The Labute approximate surface area is 122 Å². The van der Waals surface area contributed by atoms with Crippen LogP contribution in [0.4, 0.5) is 5.69 Å². The van der Waals surface area contributed by atoms with E-state index in [4.69, 9.17) is 4.74 Å². The number of rotatable bonds is 4. The van der Waals surface area contributed by atoms with E-state index in [1.807, 2.05) is 30.3 Å². The summed E-state index contributed by atoms with van der Waals surface area (Å²) in [7, 11) is 0. The van der Waals surface area contributed by atoms with E-state index in [1.165, 1.54) is 18.2 Å². The molecule has 0 fully saturated rings. The van der Waals surface area contributed by atoms with E-state index in [1.54, 1.807) is 13.8 Å². The zero-order valence-corrected chi connectivity index (χ0v) is 11.8. The van der Waals surface area contributed by atoms with Gasteiger partial charge in [0.2, 0.25) is 0 Å². The third-order valence-corrected chi connectivity index (χ3v) is 3.27. The van der Waals surface area contributed by atoms with Gasteiger partial charge in [-0.3, -0.25) is 10.1 Å². The monoisotopic (exact) mass is 285 g/mol. The highest BCUT2D eigenvalue weighted by molar-refractivity contribution is 5.92. The Morgan fingerprint density at radius 1 is 1.14 bits per heavy atom. The first kappa shape index (κ1) is 14.7. The van der Waals surface area contributed by atoms with Crippen LogP contribution in [0.1, 0.15) is 34.5 Å². The molecule has 0 spiro atoms. The van der Waals surface area contributed by atoms with Crippen LogP contribution in [0.5, 0.6) is 0 Å². The Hall–Kier alpha value is -2.69. The molecule has 2 rings (SSSR count). The van der Waals surface area contributed by atoms with Crippen molar-refractivity contribution in [2.75, 3.05) is 0 Å². The van der Waals surface area contributed by atoms with Gasteiger partial charge in [0.15, 0.2) is 0 Å². The van der Waals surface area contributed by atoms with Gasteiger partial charge in [-0.15, -0.1) is 0 Å². The summed E-state index contributed by atoms with van der Waals surface area (Å²) in [5.74, 6) is -0.562. The minimum absolute atomic E-state index is 0.0863. The fourth-order valence-electron chi connectivity index (χ4n) is 2.06. The summed E-state index contributed by atoms with van der Waals surface area (Å²) in [4.78, 5) is 22.6. The van der Waals surface area contributed by atoms with Crippen LogP contribution in [-0.4, -0.2) is 10.9 Å². The third-order valence-electron chi connectivity index (χ3n) is 3.27. The van der Waals surface area contributed by atoms with Crippen molar-refractivity contribution in [3.05, 3.63) is 75.3 Å². The molecule has 21 heavy (non-hydrogen) atoms. The van der Waals surface area contributed by atoms with Crippen LogP contribution in [-0.2, 0) is 4.74 Å². The van der Waals surface area contributed by atoms with Gasteiger partial charge in [0.1, 0.15) is 6.10 Å². The van der Waals surface area contributed by atoms with Gasteiger partial charge in [0.25, 0.3) is 5.69 Å². The lowest BCUT2D eigenvalue weighted by molar-refractivity contribution is -0.385. The summed E-state index contributed by atoms with van der Waals surface area (Å²) >= 11 is 0. The van der Waals surface area contributed by atoms with Crippen molar-refractivity contribution < 1.29 is 14.5 Å². The molecule has 2 aromatic rings. The lowest BCUT2D eigenvalue weighted by atomic mass is 10.1. The second-order valence-corrected chi connectivity index (χ2v) is 4.67. The molecule has 0 unspecified atom stereocenters. The highest BCUT2D eigenvalue weighted by atomic mass is 16.6. The topological polar surface area (TPSA) is 69.4 Å². The Bertz CT molecular complexity index is 667. The Morgan fingerprint density at radius 3 is 2.43 bits per heavy atom. The molecule has 2 aromatic carbocycles. The Balaban J connectivity index is 2.22. The van der Waals surface area contributed by atoms with Gasteiger partial charge in [0.05, 0.1) is 10.5 Å². The minimum atomic E-state index is -0.562. The van der Waals surface area contributed by atoms with Crippen LogP contribution in [0.25, 0.3) is 0 Å². The van der Waals surface area contributed by atoms with Crippen molar-refractivity contribution in [2.45, 2.75) is 20.0 Å². The van der Waals surface area contributed by atoms with Crippen molar-refractivity contribution >= 4 is 11.7 Å². The fourth-order valence-corrected chi connectivity index (χ4v) is 2.06. The maximum atomic E-state index is 12.2. The van der Waals surface area contributed by atoms with Crippen molar-refractivity contribution in [3.63, 3.8) is 0 Å². The van der Waals surface area contributed by atoms with E-state index < -0.39 is 17.0 Å². The first-order valence-electron chi connectivity index (χ1n) is 6.50. The molecule has 0 saturated carbocycles. The van der Waals surface area contributed by atoms with Crippen LogP contribution < -0.4 is 0 Å². The van der Waals surface area contributed by atoms with Crippen molar-refractivity contribution in [3.8, 4) is 0 Å². The second kappa shape index (κ2) is 6.17. The molecule has 0 aromatic heterocycles. The van der Waals surface area contributed by atoms with Crippen LogP contribution in [0.2, 0.25) is 0 Å². The standard InChI is InChI=1S/C16H15NO4/c1-11-14(9-6-10-15(11)17(19)20)16(18)21-12(2)13-7-4-3-5-8-13/h3-10,12H,1-2H3/t12-/m1/s1. The van der Waals surface area contributed by atoms with Gasteiger partial charge >= 0.3 is 5.97 Å². The van der Waals surface area contributed by atoms with Crippen molar-refractivity contribution in [1.29, 1.82) is 0 Å². The second-order valence-electron chi connectivity index (χ2n) is 4.67. The summed E-state index contributed by atoms with van der Waals surface area (Å²) in [5, 5.41) is 10.9. The molecule has 1 atom stereocenters. The highest BCUT2D eigenvalue weighted by Crippen LogP contribution is 2.24. The number of nitro groups is 1. The van der Waals surface area contributed by atoms with E-state index in [-0.39, 0.29) is 11.3 Å². The largest absolute Gasteiger partial charge is 0.454 e. The third kappa shape index (κ3) is 3.25. The van der Waals surface area contributed by atoms with Gasteiger partial charge in [-0.2, -0.15) is 0 Å². The zero-order valence-electron chi connectivity index (χ0n) is 11.8. The molecule has 0 radical (unpaired) electrons. The zero-order chi connectivity index (χ0) is 15.4. The fraction of sp³-hybridized carbons (Fsp3) is 0.188. The van der Waals surface area contributed by atoms with E-state index in [0.717, 1.165) is 5.56 Å². The first-order valence-corrected chi connectivity index (χ1v) is 6.50. The van der Waals surface area contributed by atoms with Crippen LogP contribution in [0, 0.1) is 17.0 Å². The van der Waals surface area contributed by atoms with E-state index in [2.05, 4.69) is 0 Å². The number of nitrogens with zero attached hydrogens (tertiary/aromatic N) is 1. The van der Waals surface area contributed by atoms with E-state index in [0.29, 0.717) is 5.56 Å². The van der Waals surface area contributed by atoms with Crippen LogP contribution in [0.15, 0.2) is 48.5 Å². The lowest BCUT2D eigenvalue weighted by Crippen LogP contribution is -2.11. The summed E-state index contributed by atoms with van der Waals surface area (Å²) in [5.41, 5.74) is 1.31. The number of hydrogen-bond donors (Lipinski definition) is 0. The molecule has 5 heteroatoms. The van der Waals surface area contributed by atoms with Crippen molar-refractivity contribution in [1.82, 2.24) is 0 Å². The van der Waals surface area contributed by atoms with Gasteiger partial charge in [0, 0.05) is 11.6 Å². The molecule has 0 amide bonds. The smallest absolute Gasteiger partial charge is 0.339 e. The summed E-state index contributed by atoms with van der Waals surface area (Å²) in [6.45, 7) is 3.31. The molecular formula is C16H15NO4. The van der Waals surface area contributed by atoms with Gasteiger partial charge < -0.3 is 4.74 Å². The Morgan fingerprint density at radius 2 is 1.81 bits per heavy atom. The average molecular weight is 285 g/mol.